The van der Waals surface area contributed by atoms with Gasteiger partial charge in [-0.05, 0) is 71.4 Å². The maximum Gasteiger partial charge on any atom is 0.410 e. The van der Waals surface area contributed by atoms with Gasteiger partial charge in [0.2, 0.25) is 5.91 Å². The number of halogens is 2. The number of carbonyl (C=O) groups is 4. The summed E-state index contributed by atoms with van der Waals surface area (Å²) in [4.78, 5) is 53.3. The minimum atomic E-state index is -0.461. The molecule has 2 aromatic carbocycles. The van der Waals surface area contributed by atoms with Crippen molar-refractivity contribution in [3.05, 3.63) is 86.9 Å². The Morgan fingerprint density at radius 1 is 1.03 bits per heavy atom. The van der Waals surface area contributed by atoms with Gasteiger partial charge in [0.15, 0.2) is 0 Å². The lowest BCUT2D eigenvalue weighted by Crippen LogP contribution is -2.44. The molecule has 5 rings (SSSR count). The van der Waals surface area contributed by atoms with Crippen molar-refractivity contribution in [2.45, 2.75) is 31.9 Å². The van der Waals surface area contributed by atoms with Crippen molar-refractivity contribution < 1.29 is 23.9 Å². The highest BCUT2D eigenvalue weighted by Gasteiger charge is 2.31. The fourth-order valence-corrected chi connectivity index (χ4v) is 5.80. The Morgan fingerprint density at radius 2 is 1.74 bits per heavy atom. The molecule has 0 saturated heterocycles. The summed E-state index contributed by atoms with van der Waals surface area (Å²) < 4.78 is 5.54. The van der Waals surface area contributed by atoms with E-state index in [0.717, 1.165) is 40.0 Å². The van der Waals surface area contributed by atoms with Gasteiger partial charge >= 0.3 is 6.09 Å². The van der Waals surface area contributed by atoms with Gasteiger partial charge in [-0.15, -0.1) is 0 Å². The van der Waals surface area contributed by atoms with Gasteiger partial charge in [-0.3, -0.25) is 19.3 Å². The quantitative estimate of drug-likeness (QED) is 0.468. The number of amides is 4. The van der Waals surface area contributed by atoms with E-state index in [0.29, 0.717) is 29.6 Å². The molecule has 0 N–H and O–H groups in total. The molecule has 2 heterocycles. The van der Waals surface area contributed by atoms with E-state index in [1.807, 2.05) is 6.08 Å². The number of aryl methyl sites for hydroxylation is 1. The molecular weight excluding hydrogens is 541 g/mol. The largest absolute Gasteiger partial charge is 0.445 e. The molecule has 202 valence electrons. The summed E-state index contributed by atoms with van der Waals surface area (Å²) in [7, 11) is 1.74. The first-order valence-electron chi connectivity index (χ1n) is 12.7. The van der Waals surface area contributed by atoms with Crippen molar-refractivity contribution in [1.29, 1.82) is 0 Å². The fourth-order valence-electron chi connectivity index (χ4n) is 5.23. The van der Waals surface area contributed by atoms with E-state index in [-0.39, 0.29) is 25.1 Å². The molecule has 1 unspecified atom stereocenters. The van der Waals surface area contributed by atoms with Gasteiger partial charge in [0.05, 0.1) is 6.04 Å². The van der Waals surface area contributed by atoms with Crippen LogP contribution in [0.5, 0.6) is 0 Å². The van der Waals surface area contributed by atoms with E-state index in [4.69, 9.17) is 27.9 Å². The molecule has 2 aliphatic heterocycles. The molecule has 0 fully saturated rings. The smallest absolute Gasteiger partial charge is 0.410 e. The van der Waals surface area contributed by atoms with Crippen LogP contribution in [0, 0.1) is 0 Å². The lowest BCUT2D eigenvalue weighted by atomic mass is 9.95. The van der Waals surface area contributed by atoms with Gasteiger partial charge in [0, 0.05) is 42.3 Å². The summed E-state index contributed by atoms with van der Waals surface area (Å²) in [6.45, 7) is 0.718. The summed E-state index contributed by atoms with van der Waals surface area (Å²) >= 11 is 12.1. The number of rotatable bonds is 6. The molecule has 0 spiro atoms. The van der Waals surface area contributed by atoms with E-state index in [1.54, 1.807) is 35.0 Å². The van der Waals surface area contributed by atoms with Crippen molar-refractivity contribution in [1.82, 2.24) is 14.7 Å². The van der Waals surface area contributed by atoms with Crippen LogP contribution in [0.3, 0.4) is 0 Å². The molecule has 3 aliphatic rings. The summed E-state index contributed by atoms with van der Waals surface area (Å²) in [5, 5.41) is 0.968. The predicted molar refractivity (Wildman–Crippen MR) is 147 cm³/mol. The zero-order valence-electron chi connectivity index (χ0n) is 21.4. The SMILES string of the molecule is CN(C(=O)OCc1cc(Cl)cc(Cl)c1)C1CCc2ccc(C3=CCN(C(=O)CN4C(=O)C=CC4=O)CC3)cc21. The van der Waals surface area contributed by atoms with Crippen LogP contribution in [0.25, 0.3) is 5.57 Å². The first-order chi connectivity index (χ1) is 18.7. The molecule has 1 aliphatic carbocycles. The first-order valence-corrected chi connectivity index (χ1v) is 13.4. The lowest BCUT2D eigenvalue weighted by molar-refractivity contribution is -0.144. The third kappa shape index (κ3) is 5.87. The van der Waals surface area contributed by atoms with Crippen LogP contribution in [0.2, 0.25) is 10.0 Å². The molecule has 39 heavy (non-hydrogen) atoms. The molecule has 8 nitrogen and oxygen atoms in total. The second-order valence-corrected chi connectivity index (χ2v) is 10.7. The van der Waals surface area contributed by atoms with Crippen molar-refractivity contribution in [3.63, 3.8) is 0 Å². The van der Waals surface area contributed by atoms with Crippen LogP contribution >= 0.6 is 23.2 Å². The maximum atomic E-state index is 12.9. The number of fused-ring (bicyclic) bond motifs is 1. The molecule has 2 aromatic rings. The first kappa shape index (κ1) is 27.0. The summed E-state index contributed by atoms with van der Waals surface area (Å²) in [5.41, 5.74) is 5.18. The standard InChI is InChI=1S/C29H27Cl2N3O5/c1-32(29(38)39-17-18-12-22(30)15-23(31)13-18)25-5-4-20-2-3-21(14-24(20)25)19-8-10-33(11-9-19)28(37)16-34-26(35)6-7-27(34)36/h2-3,6-8,12-15,25H,4-5,9-11,16-17H2,1H3. The van der Waals surface area contributed by atoms with Crippen LogP contribution in [-0.2, 0) is 32.1 Å². The summed E-state index contributed by atoms with van der Waals surface area (Å²) in [6, 6.07) is 11.3. The van der Waals surface area contributed by atoms with Gasteiger partial charge in [0.1, 0.15) is 13.2 Å². The average molecular weight is 568 g/mol. The summed E-state index contributed by atoms with van der Waals surface area (Å²) in [5.74, 6) is -1.18. The number of hydrogen-bond acceptors (Lipinski definition) is 5. The van der Waals surface area contributed by atoms with Crippen LogP contribution in [0.4, 0.5) is 4.79 Å². The number of hydrogen-bond donors (Lipinski definition) is 0. The topological polar surface area (TPSA) is 87.2 Å². The Hall–Kier alpha value is -3.62. The number of benzene rings is 2. The molecule has 10 heteroatoms. The number of carbonyl (C=O) groups excluding carboxylic acids is 4. The molecule has 0 bridgehead atoms. The van der Waals surface area contributed by atoms with Crippen LogP contribution in [-0.4, -0.2) is 65.2 Å². The second kappa shape index (κ2) is 11.2. The monoisotopic (exact) mass is 567 g/mol. The van der Waals surface area contributed by atoms with Crippen molar-refractivity contribution in [2.75, 3.05) is 26.7 Å². The van der Waals surface area contributed by atoms with Gasteiger partial charge in [-0.1, -0.05) is 41.4 Å². The second-order valence-electron chi connectivity index (χ2n) is 9.83. The normalized spacial score (nSPS) is 18.3. The Balaban J connectivity index is 1.22. The van der Waals surface area contributed by atoms with E-state index in [1.165, 1.54) is 17.7 Å². The van der Waals surface area contributed by atoms with E-state index in [9.17, 15) is 19.2 Å². The number of ether oxygens (including phenoxy) is 1. The maximum absolute atomic E-state index is 12.9. The molecule has 0 radical (unpaired) electrons. The zero-order chi connectivity index (χ0) is 27.7. The van der Waals surface area contributed by atoms with E-state index < -0.39 is 17.9 Å². The van der Waals surface area contributed by atoms with Gasteiger partial charge < -0.3 is 14.5 Å². The third-order valence-corrected chi connectivity index (χ3v) is 7.80. The van der Waals surface area contributed by atoms with E-state index >= 15 is 0 Å². The number of nitrogens with zero attached hydrogens (tertiary/aromatic N) is 3. The molecule has 0 saturated carbocycles. The highest BCUT2D eigenvalue weighted by Crippen LogP contribution is 2.38. The van der Waals surface area contributed by atoms with Crippen molar-refractivity contribution in [2.24, 2.45) is 0 Å². The van der Waals surface area contributed by atoms with Crippen molar-refractivity contribution in [3.8, 4) is 0 Å². The lowest BCUT2D eigenvalue weighted by Gasteiger charge is -2.29. The minimum absolute atomic E-state index is 0.0712. The van der Waals surface area contributed by atoms with Gasteiger partial charge in [0.25, 0.3) is 11.8 Å². The number of imide groups is 1. The van der Waals surface area contributed by atoms with Crippen molar-refractivity contribution >= 4 is 52.6 Å². The van der Waals surface area contributed by atoms with Gasteiger partial charge in [-0.2, -0.15) is 0 Å². The van der Waals surface area contributed by atoms with Gasteiger partial charge in [-0.25, -0.2) is 4.79 Å². The Labute approximate surface area is 236 Å². The highest BCUT2D eigenvalue weighted by molar-refractivity contribution is 6.34. The minimum Gasteiger partial charge on any atom is -0.445 e. The molecule has 4 amide bonds. The summed E-state index contributed by atoms with van der Waals surface area (Å²) in [6.07, 6.45) is 6.26. The Bertz CT molecular complexity index is 1380. The van der Waals surface area contributed by atoms with E-state index in [2.05, 4.69) is 18.2 Å². The van der Waals surface area contributed by atoms with Crippen LogP contribution < -0.4 is 0 Å². The highest BCUT2D eigenvalue weighted by atomic mass is 35.5. The third-order valence-electron chi connectivity index (χ3n) is 7.36. The zero-order valence-corrected chi connectivity index (χ0v) is 22.9. The Morgan fingerprint density at radius 3 is 2.41 bits per heavy atom. The molecule has 0 aromatic heterocycles. The molecular formula is C29H27Cl2N3O5. The van der Waals surface area contributed by atoms with Crippen LogP contribution in [0.1, 0.15) is 41.1 Å². The Kier molecular flexibility index (Phi) is 7.77. The predicted octanol–water partition coefficient (Wildman–Crippen LogP) is 4.79. The average Bonchev–Trinajstić information content (AvgIpc) is 3.48. The van der Waals surface area contributed by atoms with Crippen LogP contribution in [0.15, 0.2) is 54.6 Å². The molecule has 1 atom stereocenters. The fraction of sp³-hybridized carbons (Fsp3) is 0.310.